The molecule has 23 heavy (non-hydrogen) atoms. The van der Waals surface area contributed by atoms with Gasteiger partial charge in [0.1, 0.15) is 0 Å². The summed E-state index contributed by atoms with van der Waals surface area (Å²) in [6, 6.07) is 1.63. The lowest BCUT2D eigenvalue weighted by Crippen LogP contribution is -2.48. The van der Waals surface area contributed by atoms with Crippen LogP contribution >= 0.6 is 0 Å². The molecule has 1 aliphatic heterocycles. The average Bonchev–Trinajstić information content (AvgIpc) is 3.04. The summed E-state index contributed by atoms with van der Waals surface area (Å²) in [5, 5.41) is 0. The summed E-state index contributed by atoms with van der Waals surface area (Å²) >= 11 is 0. The van der Waals surface area contributed by atoms with Crippen LogP contribution in [0.15, 0.2) is 12.7 Å². The molecule has 2 nitrogen and oxygen atoms in total. The number of hydrogen-bond donors (Lipinski definition) is 0. The molecule has 0 amide bonds. The molecule has 2 heteroatoms. The van der Waals surface area contributed by atoms with Gasteiger partial charge < -0.3 is 4.90 Å². The highest BCUT2D eigenvalue weighted by molar-refractivity contribution is 5.19. The van der Waals surface area contributed by atoms with E-state index in [0.29, 0.717) is 11.0 Å². The molecule has 134 valence electrons. The molecule has 0 radical (unpaired) electrons. The van der Waals surface area contributed by atoms with Gasteiger partial charge in [-0.05, 0) is 90.8 Å². The molecule has 2 rings (SSSR count). The molecular weight excluding hydrogens is 280 g/mol. The van der Waals surface area contributed by atoms with E-state index in [2.05, 4.69) is 58.0 Å². The summed E-state index contributed by atoms with van der Waals surface area (Å²) in [4.78, 5) is 5.42. The van der Waals surface area contributed by atoms with Crippen molar-refractivity contribution in [2.24, 2.45) is 11.3 Å². The van der Waals surface area contributed by atoms with Gasteiger partial charge in [-0.3, -0.25) is 4.90 Å². The lowest BCUT2D eigenvalue weighted by atomic mass is 9.89. The molecule has 1 saturated carbocycles. The predicted octanol–water partition coefficient (Wildman–Crippen LogP) is 4.95. The summed E-state index contributed by atoms with van der Waals surface area (Å²) in [7, 11) is 2.30. The van der Waals surface area contributed by atoms with E-state index in [-0.39, 0.29) is 0 Å². The highest BCUT2D eigenvalue weighted by Crippen LogP contribution is 2.64. The molecule has 2 unspecified atom stereocenters. The van der Waals surface area contributed by atoms with Crippen LogP contribution in [-0.4, -0.2) is 47.6 Å². The van der Waals surface area contributed by atoms with Gasteiger partial charge in [-0.1, -0.05) is 19.9 Å². The first kappa shape index (κ1) is 19.0. The van der Waals surface area contributed by atoms with Gasteiger partial charge in [0.15, 0.2) is 0 Å². The Kier molecular flexibility index (Phi) is 6.00. The lowest BCUT2D eigenvalue weighted by molar-refractivity contribution is 0.0713. The highest BCUT2D eigenvalue weighted by atomic mass is 15.3. The molecule has 2 aliphatic rings. The van der Waals surface area contributed by atoms with Crippen LogP contribution < -0.4 is 0 Å². The van der Waals surface area contributed by atoms with Crippen molar-refractivity contribution in [1.29, 1.82) is 0 Å². The van der Waals surface area contributed by atoms with Gasteiger partial charge in [0.25, 0.3) is 0 Å². The number of piperidine rings is 1. The minimum absolute atomic E-state index is 0.314. The van der Waals surface area contributed by atoms with Crippen LogP contribution in [0.3, 0.4) is 0 Å². The van der Waals surface area contributed by atoms with Crippen molar-refractivity contribution >= 4 is 0 Å². The van der Waals surface area contributed by atoms with Crippen LogP contribution in [0, 0.1) is 11.3 Å². The highest BCUT2D eigenvalue weighted by Gasteiger charge is 2.65. The molecule has 1 aliphatic carbocycles. The van der Waals surface area contributed by atoms with E-state index >= 15 is 0 Å². The maximum Gasteiger partial charge on any atom is 0.0167 e. The summed E-state index contributed by atoms with van der Waals surface area (Å²) in [5.41, 5.74) is 0.950. The van der Waals surface area contributed by atoms with Gasteiger partial charge in [-0.2, -0.15) is 0 Å². The second-order valence-electron chi connectivity index (χ2n) is 9.51. The van der Waals surface area contributed by atoms with Gasteiger partial charge in [0.2, 0.25) is 0 Å². The molecule has 0 bridgehead atoms. The van der Waals surface area contributed by atoms with Crippen LogP contribution in [-0.2, 0) is 0 Å². The fourth-order valence-corrected chi connectivity index (χ4v) is 4.77. The minimum atomic E-state index is 0.314. The van der Waals surface area contributed by atoms with E-state index in [9.17, 15) is 0 Å². The van der Waals surface area contributed by atoms with Crippen molar-refractivity contribution < 1.29 is 0 Å². The van der Waals surface area contributed by atoms with Crippen LogP contribution in [0.5, 0.6) is 0 Å². The third-order valence-electron chi connectivity index (χ3n) is 6.19. The Bertz CT molecular complexity index is 395. The van der Waals surface area contributed by atoms with Crippen molar-refractivity contribution in [3.63, 3.8) is 0 Å². The summed E-state index contributed by atoms with van der Waals surface area (Å²) in [6.45, 7) is 18.4. The quantitative estimate of drug-likeness (QED) is 0.438. The summed E-state index contributed by atoms with van der Waals surface area (Å²) in [6.07, 6.45) is 10.1. The molecule has 0 aromatic carbocycles. The Hall–Kier alpha value is -0.340. The molecule has 1 heterocycles. The van der Waals surface area contributed by atoms with E-state index in [1.54, 1.807) is 0 Å². The van der Waals surface area contributed by atoms with Crippen LogP contribution in [0.25, 0.3) is 0 Å². The lowest BCUT2D eigenvalue weighted by Gasteiger charge is -2.41. The number of fused-ring (bicyclic) bond motifs is 1. The third-order valence-corrected chi connectivity index (χ3v) is 6.19. The summed E-state index contributed by atoms with van der Waals surface area (Å²) < 4.78 is 0. The van der Waals surface area contributed by atoms with Crippen LogP contribution in [0.1, 0.15) is 73.1 Å². The zero-order valence-corrected chi connectivity index (χ0v) is 16.6. The minimum Gasteiger partial charge on any atom is -0.306 e. The van der Waals surface area contributed by atoms with Gasteiger partial charge in [-0.15, -0.1) is 6.58 Å². The maximum atomic E-state index is 3.81. The van der Waals surface area contributed by atoms with E-state index < -0.39 is 0 Å². The largest absolute Gasteiger partial charge is 0.306 e. The zero-order valence-electron chi connectivity index (χ0n) is 16.6. The van der Waals surface area contributed by atoms with E-state index in [0.717, 1.165) is 24.4 Å². The standard InChI is InChI=1S/C21H40N2/c1-8-9-10-11-13-22(7)14-12-21-15-18(17(2)3)23(19(21)16-21)20(4,5)6/h8,17-19H,1,9-16H2,2-7H3/t18?,19?,21-/m0/s1. The molecule has 0 aromatic rings. The second kappa shape index (κ2) is 7.27. The molecule has 0 N–H and O–H groups in total. The Balaban J connectivity index is 1.84. The normalized spacial score (nSPS) is 31.0. The maximum absolute atomic E-state index is 3.81. The smallest absolute Gasteiger partial charge is 0.0167 e. The van der Waals surface area contributed by atoms with Crippen molar-refractivity contribution in [2.75, 3.05) is 20.1 Å². The predicted molar refractivity (Wildman–Crippen MR) is 102 cm³/mol. The number of unbranched alkanes of at least 4 members (excludes halogenated alkanes) is 2. The van der Waals surface area contributed by atoms with Crippen molar-refractivity contribution in [2.45, 2.75) is 90.8 Å². The van der Waals surface area contributed by atoms with Crippen molar-refractivity contribution in [3.8, 4) is 0 Å². The second-order valence-corrected chi connectivity index (χ2v) is 9.51. The first-order valence-corrected chi connectivity index (χ1v) is 9.79. The van der Waals surface area contributed by atoms with Crippen molar-refractivity contribution in [3.05, 3.63) is 12.7 Å². The molecule has 2 fully saturated rings. The molecule has 3 atom stereocenters. The fraction of sp³-hybridized carbons (Fsp3) is 0.905. The first-order chi connectivity index (χ1) is 10.7. The van der Waals surface area contributed by atoms with Gasteiger partial charge in [-0.25, -0.2) is 0 Å². The zero-order chi connectivity index (χ0) is 17.3. The Morgan fingerprint density at radius 2 is 1.91 bits per heavy atom. The Labute approximate surface area is 145 Å². The summed E-state index contributed by atoms with van der Waals surface area (Å²) in [5.74, 6) is 0.774. The number of likely N-dealkylation sites (tertiary alicyclic amines) is 1. The Morgan fingerprint density at radius 1 is 1.22 bits per heavy atom. The van der Waals surface area contributed by atoms with Gasteiger partial charge in [0, 0.05) is 17.6 Å². The van der Waals surface area contributed by atoms with E-state index in [1.807, 2.05) is 6.08 Å². The molecule has 0 spiro atoms. The average molecular weight is 321 g/mol. The van der Waals surface area contributed by atoms with Crippen molar-refractivity contribution in [1.82, 2.24) is 9.80 Å². The number of allylic oxidation sites excluding steroid dienone is 1. The topological polar surface area (TPSA) is 6.48 Å². The number of hydrogen-bond acceptors (Lipinski definition) is 2. The van der Waals surface area contributed by atoms with E-state index in [1.165, 1.54) is 45.2 Å². The first-order valence-electron chi connectivity index (χ1n) is 9.79. The molecular formula is C21H40N2. The monoisotopic (exact) mass is 320 g/mol. The number of nitrogens with zero attached hydrogens (tertiary/aromatic N) is 2. The number of rotatable bonds is 9. The molecule has 0 aromatic heterocycles. The SMILES string of the molecule is C=CCCCCN(C)CC[C@@]12CC(C(C)C)N(C(C)(C)C)C1C2. The third kappa shape index (κ3) is 4.39. The fourth-order valence-electron chi connectivity index (χ4n) is 4.77. The van der Waals surface area contributed by atoms with Crippen LogP contribution in [0.4, 0.5) is 0 Å². The van der Waals surface area contributed by atoms with E-state index in [4.69, 9.17) is 0 Å². The Morgan fingerprint density at radius 3 is 2.43 bits per heavy atom. The van der Waals surface area contributed by atoms with Crippen LogP contribution in [0.2, 0.25) is 0 Å². The van der Waals surface area contributed by atoms with Gasteiger partial charge >= 0.3 is 0 Å². The molecule has 1 saturated heterocycles. The van der Waals surface area contributed by atoms with Gasteiger partial charge in [0.05, 0.1) is 0 Å².